The van der Waals surface area contributed by atoms with Gasteiger partial charge in [0.2, 0.25) is 0 Å². The molecule has 6 nitrogen and oxygen atoms in total. The predicted molar refractivity (Wildman–Crippen MR) is 69.0 cm³/mol. The number of benzene rings is 1. The smallest absolute Gasteiger partial charge is 0.489 e. The van der Waals surface area contributed by atoms with Crippen LogP contribution in [0.3, 0.4) is 0 Å². The third-order valence-electron chi connectivity index (χ3n) is 2.94. The van der Waals surface area contributed by atoms with Crippen molar-refractivity contribution < 1.29 is 27.5 Å². The topological polar surface area (TPSA) is 55.4 Å². The van der Waals surface area contributed by atoms with E-state index >= 15 is 0 Å². The summed E-state index contributed by atoms with van der Waals surface area (Å²) in [6, 6.07) is 5.59. The summed E-state index contributed by atoms with van der Waals surface area (Å²) in [7, 11) is 1.94. The average molecular weight is 286 g/mol. The summed E-state index contributed by atoms with van der Waals surface area (Å²) in [6.07, 6.45) is 0.247. The molecule has 1 heterocycles. The van der Waals surface area contributed by atoms with Crippen molar-refractivity contribution in [3.8, 4) is 11.5 Å². The Balaban J connectivity index is 2.03. The van der Waals surface area contributed by atoms with Gasteiger partial charge < -0.3 is 27.5 Å². The summed E-state index contributed by atoms with van der Waals surface area (Å²) in [5, 5.41) is 0. The molecule has 0 atom stereocenters. The van der Waals surface area contributed by atoms with Gasteiger partial charge in [-0.25, -0.2) is 0 Å². The first kappa shape index (κ1) is 14.3. The second-order valence-electron chi connectivity index (χ2n) is 3.96. The maximum atomic E-state index is 5.69. The summed E-state index contributed by atoms with van der Waals surface area (Å²) in [4.78, 5) is 0. The SMILES string of the molecule is CO[Si](COc1ccc2c(c1)COCO2)(OC)OC. The Kier molecular flexibility index (Phi) is 4.78. The van der Waals surface area contributed by atoms with E-state index in [2.05, 4.69) is 0 Å². The van der Waals surface area contributed by atoms with Crippen LogP contribution in [0.4, 0.5) is 0 Å². The van der Waals surface area contributed by atoms with Gasteiger partial charge >= 0.3 is 8.80 Å². The highest BCUT2D eigenvalue weighted by atomic mass is 28.4. The van der Waals surface area contributed by atoms with Crippen LogP contribution in [0.1, 0.15) is 5.56 Å². The summed E-state index contributed by atoms with van der Waals surface area (Å²) >= 11 is 0. The lowest BCUT2D eigenvalue weighted by Gasteiger charge is -2.24. The van der Waals surface area contributed by atoms with Gasteiger partial charge in [-0.2, -0.15) is 0 Å². The van der Waals surface area contributed by atoms with Gasteiger partial charge in [-0.05, 0) is 18.2 Å². The van der Waals surface area contributed by atoms with Crippen molar-refractivity contribution in [1.82, 2.24) is 0 Å². The summed E-state index contributed by atoms with van der Waals surface area (Å²) in [5.74, 6) is 1.53. The molecule has 0 unspecified atom stereocenters. The minimum atomic E-state index is -2.72. The van der Waals surface area contributed by atoms with E-state index in [4.69, 9.17) is 27.5 Å². The molecule has 1 aromatic rings. The zero-order chi connectivity index (χ0) is 13.7. The third kappa shape index (κ3) is 3.25. The molecule has 0 saturated carbocycles. The molecule has 0 aromatic heterocycles. The molecule has 2 rings (SSSR count). The summed E-state index contributed by atoms with van der Waals surface area (Å²) < 4.78 is 32.1. The largest absolute Gasteiger partial charge is 0.539 e. The van der Waals surface area contributed by atoms with Crippen molar-refractivity contribution in [2.45, 2.75) is 6.61 Å². The molecule has 0 saturated heterocycles. The quantitative estimate of drug-likeness (QED) is 0.736. The van der Waals surface area contributed by atoms with Crippen LogP contribution in [0.5, 0.6) is 11.5 Å². The van der Waals surface area contributed by atoms with Crippen LogP contribution in [0.15, 0.2) is 18.2 Å². The van der Waals surface area contributed by atoms with E-state index in [1.165, 1.54) is 0 Å². The molecule has 1 aliphatic rings. The van der Waals surface area contributed by atoms with Crippen LogP contribution in [-0.2, 0) is 24.6 Å². The highest BCUT2D eigenvalue weighted by molar-refractivity contribution is 6.60. The molecule has 106 valence electrons. The van der Waals surface area contributed by atoms with Crippen molar-refractivity contribution >= 4 is 8.80 Å². The Hall–Kier alpha value is -1.12. The van der Waals surface area contributed by atoms with E-state index in [1.807, 2.05) is 18.2 Å². The van der Waals surface area contributed by atoms with Crippen molar-refractivity contribution in [3.63, 3.8) is 0 Å². The van der Waals surface area contributed by atoms with Crippen molar-refractivity contribution in [2.75, 3.05) is 34.4 Å². The van der Waals surface area contributed by atoms with Gasteiger partial charge in [0.05, 0.1) is 6.61 Å². The van der Waals surface area contributed by atoms with Gasteiger partial charge in [0, 0.05) is 26.9 Å². The van der Waals surface area contributed by atoms with Crippen LogP contribution in [0.25, 0.3) is 0 Å². The summed E-state index contributed by atoms with van der Waals surface area (Å²) in [6.45, 7) is 0.814. The first-order valence-corrected chi connectivity index (χ1v) is 7.78. The van der Waals surface area contributed by atoms with Gasteiger partial charge in [-0.3, -0.25) is 0 Å². The molecule has 0 bridgehead atoms. The molecule has 0 fully saturated rings. The van der Waals surface area contributed by atoms with Gasteiger partial charge in [-0.1, -0.05) is 0 Å². The summed E-state index contributed by atoms with van der Waals surface area (Å²) in [5.41, 5.74) is 0.961. The molecule has 7 heteroatoms. The normalized spacial score (nSPS) is 14.7. The Morgan fingerprint density at radius 3 is 2.58 bits per heavy atom. The van der Waals surface area contributed by atoms with E-state index < -0.39 is 8.80 Å². The Morgan fingerprint density at radius 1 is 1.16 bits per heavy atom. The zero-order valence-electron chi connectivity index (χ0n) is 11.3. The third-order valence-corrected chi connectivity index (χ3v) is 5.30. The molecule has 19 heavy (non-hydrogen) atoms. The fourth-order valence-corrected chi connectivity index (χ4v) is 2.95. The fourth-order valence-electron chi connectivity index (χ4n) is 1.75. The van der Waals surface area contributed by atoms with Gasteiger partial charge in [0.15, 0.2) is 13.0 Å². The molecule has 0 radical (unpaired) electrons. The maximum absolute atomic E-state index is 5.69. The average Bonchev–Trinajstić information content (AvgIpc) is 2.49. The van der Waals surface area contributed by atoms with E-state index in [0.717, 1.165) is 11.3 Å². The lowest BCUT2D eigenvalue weighted by molar-refractivity contribution is -0.0165. The highest BCUT2D eigenvalue weighted by Gasteiger charge is 2.39. The Bertz CT molecular complexity index is 412. The number of fused-ring (bicyclic) bond motifs is 1. The van der Waals surface area contributed by atoms with E-state index in [1.54, 1.807) is 21.3 Å². The Morgan fingerprint density at radius 2 is 1.89 bits per heavy atom. The molecule has 0 amide bonds. The van der Waals surface area contributed by atoms with Crippen molar-refractivity contribution in [1.29, 1.82) is 0 Å². The van der Waals surface area contributed by atoms with Crippen LogP contribution in [0.2, 0.25) is 0 Å². The first-order chi connectivity index (χ1) is 9.23. The Labute approximate surface area is 113 Å². The molecule has 1 aliphatic heterocycles. The molecular formula is C12H18O6Si. The fraction of sp³-hybridized carbons (Fsp3) is 0.500. The van der Waals surface area contributed by atoms with Crippen LogP contribution in [-0.4, -0.2) is 43.2 Å². The van der Waals surface area contributed by atoms with Crippen molar-refractivity contribution in [3.05, 3.63) is 23.8 Å². The minimum Gasteiger partial charge on any atom is -0.489 e. The maximum Gasteiger partial charge on any atom is 0.539 e. The standard InChI is InChI=1S/C12H18O6Si/c1-13-19(14-2,15-3)9-18-11-4-5-12-10(6-11)7-16-8-17-12/h4-6H,7-9H2,1-3H3. The number of hydrogen-bond acceptors (Lipinski definition) is 6. The van der Waals surface area contributed by atoms with E-state index in [-0.39, 0.29) is 6.23 Å². The second-order valence-corrected chi connectivity index (χ2v) is 6.84. The molecular weight excluding hydrogens is 268 g/mol. The van der Waals surface area contributed by atoms with Gasteiger partial charge in [0.25, 0.3) is 0 Å². The molecule has 0 aliphatic carbocycles. The van der Waals surface area contributed by atoms with Crippen LogP contribution < -0.4 is 9.47 Å². The first-order valence-electron chi connectivity index (χ1n) is 5.85. The lowest BCUT2D eigenvalue weighted by Crippen LogP contribution is -2.49. The van der Waals surface area contributed by atoms with Crippen LogP contribution in [0, 0.1) is 0 Å². The second kappa shape index (κ2) is 6.35. The molecule has 1 aromatic carbocycles. The number of ether oxygens (including phenoxy) is 3. The van der Waals surface area contributed by atoms with E-state index in [9.17, 15) is 0 Å². The van der Waals surface area contributed by atoms with Gasteiger partial charge in [-0.15, -0.1) is 0 Å². The highest BCUT2D eigenvalue weighted by Crippen LogP contribution is 2.28. The van der Waals surface area contributed by atoms with E-state index in [0.29, 0.717) is 19.1 Å². The molecule has 0 spiro atoms. The van der Waals surface area contributed by atoms with Gasteiger partial charge in [0.1, 0.15) is 11.5 Å². The zero-order valence-corrected chi connectivity index (χ0v) is 12.3. The monoisotopic (exact) mass is 286 g/mol. The molecule has 0 N–H and O–H groups in total. The number of rotatable bonds is 6. The lowest BCUT2D eigenvalue weighted by atomic mass is 10.2. The number of hydrogen-bond donors (Lipinski definition) is 0. The van der Waals surface area contributed by atoms with Crippen molar-refractivity contribution in [2.24, 2.45) is 0 Å². The van der Waals surface area contributed by atoms with Crippen LogP contribution >= 0.6 is 0 Å². The minimum absolute atomic E-state index is 0.247. The predicted octanol–water partition coefficient (Wildman–Crippen LogP) is 1.35.